The molecule has 0 N–H and O–H groups in total. The topological polar surface area (TPSA) is 46.8 Å². The first kappa shape index (κ1) is 14.2. The van der Waals surface area contributed by atoms with E-state index in [1.54, 1.807) is 6.33 Å². The lowest BCUT2D eigenvalue weighted by Crippen LogP contribution is -2.33. The lowest BCUT2D eigenvalue weighted by molar-refractivity contribution is 0.503. The maximum atomic E-state index is 4.57. The average molecular weight is 307 g/mol. The Morgan fingerprint density at radius 3 is 2.70 bits per heavy atom. The van der Waals surface area contributed by atoms with Gasteiger partial charge in [0.15, 0.2) is 0 Å². The number of benzene rings is 1. The molecule has 5 heteroatoms. The summed E-state index contributed by atoms with van der Waals surface area (Å²) < 4.78 is 1.89. The van der Waals surface area contributed by atoms with E-state index in [0.29, 0.717) is 5.92 Å². The smallest absolute Gasteiger partial charge is 0.139 e. The standard InChI is InChI=1S/C18H21N5/c1-13-3-4-17-16(9-13)18(20-12-19-17)23-7-5-14(6-8-23)15-10-21-22(2)11-15/h3-4,9-12,14H,5-8H2,1-2H3. The molecule has 0 amide bonds. The molecule has 0 aliphatic carbocycles. The highest BCUT2D eigenvalue weighted by Gasteiger charge is 2.23. The number of piperidine rings is 1. The van der Waals surface area contributed by atoms with Crippen molar-refractivity contribution in [3.05, 3.63) is 48.0 Å². The van der Waals surface area contributed by atoms with E-state index in [9.17, 15) is 0 Å². The Kier molecular flexibility index (Phi) is 3.48. The first-order chi connectivity index (χ1) is 11.2. The van der Waals surface area contributed by atoms with Gasteiger partial charge in [0.1, 0.15) is 12.1 Å². The minimum Gasteiger partial charge on any atom is -0.356 e. The molecule has 0 spiro atoms. The Morgan fingerprint density at radius 1 is 1.13 bits per heavy atom. The molecule has 1 aliphatic heterocycles. The van der Waals surface area contributed by atoms with Crippen molar-refractivity contribution in [3.8, 4) is 0 Å². The van der Waals surface area contributed by atoms with Crippen molar-refractivity contribution in [1.29, 1.82) is 0 Å². The van der Waals surface area contributed by atoms with Crippen LogP contribution in [0, 0.1) is 6.92 Å². The largest absolute Gasteiger partial charge is 0.356 e. The van der Waals surface area contributed by atoms with Gasteiger partial charge in [-0.3, -0.25) is 4.68 Å². The third-order valence-corrected chi connectivity index (χ3v) is 4.76. The molecular formula is C18H21N5. The second-order valence-corrected chi connectivity index (χ2v) is 6.43. The van der Waals surface area contributed by atoms with Crippen LogP contribution >= 0.6 is 0 Å². The summed E-state index contributed by atoms with van der Waals surface area (Å²) in [6, 6.07) is 6.38. The number of rotatable bonds is 2. The van der Waals surface area contributed by atoms with Crippen LogP contribution in [-0.2, 0) is 7.05 Å². The van der Waals surface area contributed by atoms with Crippen molar-refractivity contribution < 1.29 is 0 Å². The van der Waals surface area contributed by atoms with E-state index in [4.69, 9.17) is 0 Å². The van der Waals surface area contributed by atoms with Gasteiger partial charge in [-0.2, -0.15) is 5.10 Å². The Balaban J connectivity index is 1.58. The van der Waals surface area contributed by atoms with Crippen LogP contribution in [-0.4, -0.2) is 32.8 Å². The van der Waals surface area contributed by atoms with E-state index in [2.05, 4.69) is 51.3 Å². The van der Waals surface area contributed by atoms with Crippen molar-refractivity contribution >= 4 is 16.7 Å². The number of anilines is 1. The van der Waals surface area contributed by atoms with E-state index in [-0.39, 0.29) is 0 Å². The van der Waals surface area contributed by atoms with E-state index >= 15 is 0 Å². The molecule has 3 heterocycles. The zero-order valence-electron chi connectivity index (χ0n) is 13.6. The van der Waals surface area contributed by atoms with Gasteiger partial charge in [0.2, 0.25) is 0 Å². The van der Waals surface area contributed by atoms with Crippen LogP contribution in [0.3, 0.4) is 0 Å². The van der Waals surface area contributed by atoms with Crippen LogP contribution in [0.15, 0.2) is 36.9 Å². The molecule has 1 fully saturated rings. The third-order valence-electron chi connectivity index (χ3n) is 4.76. The third kappa shape index (κ3) is 2.67. The van der Waals surface area contributed by atoms with Gasteiger partial charge in [-0.25, -0.2) is 9.97 Å². The number of fused-ring (bicyclic) bond motifs is 1. The lowest BCUT2D eigenvalue weighted by Gasteiger charge is -2.33. The Hall–Kier alpha value is -2.43. The minimum atomic E-state index is 0.606. The summed E-state index contributed by atoms with van der Waals surface area (Å²) in [5, 5.41) is 5.46. The van der Waals surface area contributed by atoms with E-state index in [1.165, 1.54) is 11.1 Å². The van der Waals surface area contributed by atoms with Gasteiger partial charge in [-0.1, -0.05) is 11.6 Å². The zero-order chi connectivity index (χ0) is 15.8. The summed E-state index contributed by atoms with van der Waals surface area (Å²) >= 11 is 0. The fourth-order valence-corrected chi connectivity index (χ4v) is 3.48. The highest BCUT2D eigenvalue weighted by atomic mass is 15.2. The SMILES string of the molecule is Cc1ccc2ncnc(N3CCC(c4cnn(C)c4)CC3)c2c1. The highest BCUT2D eigenvalue weighted by molar-refractivity contribution is 5.89. The summed E-state index contributed by atoms with van der Waals surface area (Å²) in [4.78, 5) is 11.4. The minimum absolute atomic E-state index is 0.606. The number of hydrogen-bond donors (Lipinski definition) is 0. The molecule has 0 unspecified atom stereocenters. The summed E-state index contributed by atoms with van der Waals surface area (Å²) in [7, 11) is 1.98. The van der Waals surface area contributed by atoms with E-state index < -0.39 is 0 Å². The molecule has 1 aliphatic rings. The van der Waals surface area contributed by atoms with Crippen molar-refractivity contribution in [2.75, 3.05) is 18.0 Å². The predicted octanol–water partition coefficient (Wildman–Crippen LogP) is 3.06. The van der Waals surface area contributed by atoms with Gasteiger partial charge in [0, 0.05) is 31.7 Å². The van der Waals surface area contributed by atoms with Gasteiger partial charge < -0.3 is 4.90 Å². The molecule has 1 saturated heterocycles. The van der Waals surface area contributed by atoms with Gasteiger partial charge in [0.25, 0.3) is 0 Å². The maximum Gasteiger partial charge on any atom is 0.139 e. The Morgan fingerprint density at radius 2 is 1.96 bits per heavy atom. The van der Waals surface area contributed by atoms with Crippen molar-refractivity contribution in [2.45, 2.75) is 25.7 Å². The van der Waals surface area contributed by atoms with Gasteiger partial charge in [-0.15, -0.1) is 0 Å². The summed E-state index contributed by atoms with van der Waals surface area (Å²) in [5.74, 6) is 1.68. The molecule has 4 rings (SSSR count). The number of hydrogen-bond acceptors (Lipinski definition) is 4. The van der Waals surface area contributed by atoms with E-state index in [1.807, 2.05) is 17.9 Å². The molecular weight excluding hydrogens is 286 g/mol. The second-order valence-electron chi connectivity index (χ2n) is 6.43. The lowest BCUT2D eigenvalue weighted by atomic mass is 9.91. The molecule has 0 bridgehead atoms. The normalized spacial score (nSPS) is 16.2. The quantitative estimate of drug-likeness (QED) is 0.730. The molecule has 3 aromatic rings. The second kappa shape index (κ2) is 5.65. The van der Waals surface area contributed by atoms with Gasteiger partial charge in [0.05, 0.1) is 11.7 Å². The summed E-state index contributed by atoms with van der Waals surface area (Å²) in [6.07, 6.45) is 8.11. The molecule has 0 radical (unpaired) electrons. The fraction of sp³-hybridized carbons (Fsp3) is 0.389. The van der Waals surface area contributed by atoms with Crippen LogP contribution in [0.2, 0.25) is 0 Å². The van der Waals surface area contributed by atoms with Crippen LogP contribution < -0.4 is 4.90 Å². The van der Waals surface area contributed by atoms with Crippen LogP contribution in [0.4, 0.5) is 5.82 Å². The fourth-order valence-electron chi connectivity index (χ4n) is 3.48. The monoisotopic (exact) mass is 307 g/mol. The first-order valence-electron chi connectivity index (χ1n) is 8.15. The number of nitrogens with zero attached hydrogens (tertiary/aromatic N) is 5. The first-order valence-corrected chi connectivity index (χ1v) is 8.15. The maximum absolute atomic E-state index is 4.57. The molecule has 0 saturated carbocycles. The summed E-state index contributed by atoms with van der Waals surface area (Å²) in [6.45, 7) is 4.17. The number of aromatic nitrogens is 4. The van der Waals surface area contributed by atoms with Crippen LogP contribution in [0.5, 0.6) is 0 Å². The molecule has 5 nitrogen and oxygen atoms in total. The van der Waals surface area contributed by atoms with Gasteiger partial charge in [-0.05, 0) is 43.4 Å². The van der Waals surface area contributed by atoms with Crippen LogP contribution in [0.25, 0.3) is 10.9 Å². The van der Waals surface area contributed by atoms with Crippen molar-refractivity contribution in [1.82, 2.24) is 19.7 Å². The predicted molar refractivity (Wildman–Crippen MR) is 91.7 cm³/mol. The molecule has 2 aromatic heterocycles. The van der Waals surface area contributed by atoms with Crippen LogP contribution in [0.1, 0.15) is 29.9 Å². The molecule has 1 aromatic carbocycles. The Labute approximate surface area is 136 Å². The van der Waals surface area contributed by atoms with Crippen molar-refractivity contribution in [3.63, 3.8) is 0 Å². The molecule has 0 atom stereocenters. The van der Waals surface area contributed by atoms with Crippen molar-refractivity contribution in [2.24, 2.45) is 7.05 Å². The zero-order valence-corrected chi connectivity index (χ0v) is 13.6. The van der Waals surface area contributed by atoms with E-state index in [0.717, 1.165) is 42.7 Å². The average Bonchev–Trinajstić information content (AvgIpc) is 3.01. The van der Waals surface area contributed by atoms with Gasteiger partial charge >= 0.3 is 0 Å². The molecule has 23 heavy (non-hydrogen) atoms. The highest BCUT2D eigenvalue weighted by Crippen LogP contribution is 2.32. The summed E-state index contributed by atoms with van der Waals surface area (Å²) in [5.41, 5.74) is 3.63. The number of aryl methyl sites for hydroxylation is 2. The Bertz CT molecular complexity index is 830. The molecule has 118 valence electrons.